The molecule has 48 heavy (non-hydrogen) atoms. The molecular weight excluding hydrogens is 613 g/mol. The van der Waals surface area contributed by atoms with Crippen molar-refractivity contribution in [2.75, 3.05) is 43.0 Å². The molecular formula is C36H44FN7O4. The van der Waals surface area contributed by atoms with Crippen molar-refractivity contribution >= 4 is 29.2 Å². The smallest absolute Gasteiger partial charge is 0.250 e. The van der Waals surface area contributed by atoms with Gasteiger partial charge in [0.1, 0.15) is 17.9 Å². The molecule has 5 rings (SSSR count). The van der Waals surface area contributed by atoms with E-state index in [0.717, 1.165) is 16.8 Å². The number of imidazole rings is 1. The summed E-state index contributed by atoms with van der Waals surface area (Å²) >= 11 is 0. The lowest BCUT2D eigenvalue weighted by Crippen LogP contribution is -2.56. The van der Waals surface area contributed by atoms with Crippen LogP contribution >= 0.6 is 0 Å². The molecule has 1 aliphatic heterocycles. The van der Waals surface area contributed by atoms with Crippen LogP contribution in [0.3, 0.4) is 0 Å². The Morgan fingerprint density at radius 1 is 0.938 bits per heavy atom. The Labute approximate surface area is 280 Å². The highest BCUT2D eigenvalue weighted by Crippen LogP contribution is 2.25. The van der Waals surface area contributed by atoms with Gasteiger partial charge in [0.05, 0.1) is 25.1 Å². The first kappa shape index (κ1) is 35.8. The van der Waals surface area contributed by atoms with Crippen LogP contribution in [-0.4, -0.2) is 76.5 Å². The maximum atomic E-state index is 14.0. The molecule has 0 spiro atoms. The second kappa shape index (κ2) is 16.2. The standard InChI is InChI=1S/C35H40FN7O4.CH4/c1-35(2,37)34(46)39-29(23-47-22-25-9-5-3-6-10-25)32(44)40-30-21-43(24-38-30)31(26-11-7-4-8-12-26)33(45)42-19-17-41(18-20-42)28-15-13-27(36)14-16-28;/h3-16,21,24,29,31H,17-20,22-23,37H2,1-2H3,(H,39,46)(H,40,44);1H4/t29-,31?;/m1./s1. The molecule has 1 saturated heterocycles. The zero-order chi connectivity index (χ0) is 33.4. The van der Waals surface area contributed by atoms with Gasteiger partial charge >= 0.3 is 0 Å². The fourth-order valence-electron chi connectivity index (χ4n) is 5.24. The number of nitrogens with two attached hydrogens (primary N) is 1. The van der Waals surface area contributed by atoms with Crippen LogP contribution in [0, 0.1) is 5.82 Å². The topological polar surface area (TPSA) is 135 Å². The second-order valence-corrected chi connectivity index (χ2v) is 12.0. The molecule has 3 amide bonds. The van der Waals surface area contributed by atoms with Gasteiger partial charge in [0.25, 0.3) is 5.91 Å². The highest BCUT2D eigenvalue weighted by atomic mass is 19.1. The lowest BCUT2D eigenvalue weighted by Gasteiger charge is -2.37. The molecule has 0 bridgehead atoms. The van der Waals surface area contributed by atoms with E-state index in [0.29, 0.717) is 26.2 Å². The maximum Gasteiger partial charge on any atom is 0.250 e. The molecule has 12 heteroatoms. The van der Waals surface area contributed by atoms with Gasteiger partial charge in [-0.25, -0.2) is 9.37 Å². The van der Waals surface area contributed by atoms with E-state index < -0.39 is 29.4 Å². The molecule has 1 aromatic heterocycles. The van der Waals surface area contributed by atoms with Gasteiger partial charge in [-0.05, 0) is 49.2 Å². The van der Waals surface area contributed by atoms with Crippen LogP contribution in [0.4, 0.5) is 15.9 Å². The maximum absolute atomic E-state index is 14.0. The number of anilines is 2. The van der Waals surface area contributed by atoms with Crippen molar-refractivity contribution in [3.8, 4) is 0 Å². The van der Waals surface area contributed by atoms with Crippen LogP contribution in [0.5, 0.6) is 0 Å². The quantitative estimate of drug-likeness (QED) is 0.210. The van der Waals surface area contributed by atoms with Gasteiger partial charge < -0.3 is 35.5 Å². The molecule has 1 fully saturated rings. The number of nitrogens with zero attached hydrogens (tertiary/aromatic N) is 4. The molecule has 0 saturated carbocycles. The number of carbonyl (C=O) groups is 3. The van der Waals surface area contributed by atoms with E-state index in [2.05, 4.69) is 20.5 Å². The Bertz CT molecular complexity index is 1630. The third-order valence-electron chi connectivity index (χ3n) is 7.89. The van der Waals surface area contributed by atoms with Crippen LogP contribution in [0.25, 0.3) is 0 Å². The number of nitrogens with one attached hydrogen (secondary N) is 2. The van der Waals surface area contributed by atoms with Crippen molar-refractivity contribution in [2.45, 2.75) is 45.5 Å². The minimum absolute atomic E-state index is 0. The van der Waals surface area contributed by atoms with E-state index in [1.165, 1.54) is 18.5 Å². The molecule has 11 nitrogen and oxygen atoms in total. The van der Waals surface area contributed by atoms with Gasteiger partial charge in [-0.15, -0.1) is 0 Å². The first-order chi connectivity index (χ1) is 22.6. The van der Waals surface area contributed by atoms with Gasteiger partial charge in [0.15, 0.2) is 5.82 Å². The Kier molecular flexibility index (Phi) is 12.0. The van der Waals surface area contributed by atoms with Crippen LogP contribution in [0.1, 0.15) is 38.4 Å². The number of halogens is 1. The number of piperazine rings is 1. The van der Waals surface area contributed by atoms with Gasteiger partial charge in [0.2, 0.25) is 11.8 Å². The number of aromatic nitrogens is 2. The summed E-state index contributed by atoms with van der Waals surface area (Å²) in [6.45, 7) is 5.42. The minimum Gasteiger partial charge on any atom is -0.374 e. The average Bonchev–Trinajstić information content (AvgIpc) is 3.52. The zero-order valence-corrected chi connectivity index (χ0v) is 26.5. The Balaban J connectivity index is 0.00000520. The van der Waals surface area contributed by atoms with Crippen molar-refractivity contribution in [3.05, 3.63) is 114 Å². The summed E-state index contributed by atoms with van der Waals surface area (Å²) in [5.74, 6) is -1.25. The first-order valence-electron chi connectivity index (χ1n) is 15.5. The second-order valence-electron chi connectivity index (χ2n) is 12.0. The summed E-state index contributed by atoms with van der Waals surface area (Å²) in [4.78, 5) is 48.4. The molecule has 0 radical (unpaired) electrons. The number of amides is 3. The fourth-order valence-corrected chi connectivity index (χ4v) is 5.24. The molecule has 1 unspecified atom stereocenters. The van der Waals surface area contributed by atoms with Crippen molar-refractivity contribution in [3.63, 3.8) is 0 Å². The minimum atomic E-state index is -1.21. The summed E-state index contributed by atoms with van der Waals surface area (Å²) in [6, 6.07) is 23.4. The Morgan fingerprint density at radius 3 is 2.19 bits per heavy atom. The van der Waals surface area contributed by atoms with Crippen LogP contribution in [-0.2, 0) is 25.7 Å². The molecule has 4 N–H and O–H groups in total. The van der Waals surface area contributed by atoms with E-state index in [1.807, 2.05) is 60.7 Å². The number of hydrogen-bond donors (Lipinski definition) is 3. The number of benzene rings is 3. The highest BCUT2D eigenvalue weighted by Gasteiger charge is 2.32. The van der Waals surface area contributed by atoms with Crippen molar-refractivity contribution < 1.29 is 23.5 Å². The van der Waals surface area contributed by atoms with Crippen molar-refractivity contribution in [1.29, 1.82) is 0 Å². The van der Waals surface area contributed by atoms with E-state index >= 15 is 0 Å². The van der Waals surface area contributed by atoms with Crippen molar-refractivity contribution in [2.24, 2.45) is 5.73 Å². The van der Waals surface area contributed by atoms with E-state index in [-0.39, 0.29) is 38.2 Å². The summed E-state index contributed by atoms with van der Waals surface area (Å²) in [7, 11) is 0. The predicted molar refractivity (Wildman–Crippen MR) is 184 cm³/mol. The molecule has 3 aromatic carbocycles. The zero-order valence-electron chi connectivity index (χ0n) is 26.5. The summed E-state index contributed by atoms with van der Waals surface area (Å²) in [6.07, 6.45) is 3.10. The molecule has 0 aliphatic carbocycles. The predicted octanol–water partition coefficient (Wildman–Crippen LogP) is 3.97. The summed E-state index contributed by atoms with van der Waals surface area (Å²) < 4.78 is 20.9. The molecule has 4 aromatic rings. The van der Waals surface area contributed by atoms with Crippen molar-refractivity contribution in [1.82, 2.24) is 19.8 Å². The SMILES string of the molecule is C.CC(C)(N)C(=O)N[C@H](COCc1ccccc1)C(=O)Nc1cn(C(C(=O)N2CCN(c3ccc(F)cc3)CC2)c2ccccc2)cn1. The number of ether oxygens (including phenoxy) is 1. The summed E-state index contributed by atoms with van der Waals surface area (Å²) in [5.41, 5.74) is 7.35. The molecule has 2 atom stereocenters. The van der Waals surface area contributed by atoms with Crippen LogP contribution < -0.4 is 21.3 Å². The Morgan fingerprint density at radius 2 is 1.56 bits per heavy atom. The van der Waals surface area contributed by atoms with Gasteiger partial charge in [-0.1, -0.05) is 68.1 Å². The largest absolute Gasteiger partial charge is 0.374 e. The first-order valence-corrected chi connectivity index (χ1v) is 15.5. The van der Waals surface area contributed by atoms with Gasteiger partial charge in [-0.3, -0.25) is 14.4 Å². The lowest BCUT2D eigenvalue weighted by atomic mass is 10.0. The van der Waals surface area contributed by atoms with Gasteiger partial charge in [-0.2, -0.15) is 0 Å². The van der Waals surface area contributed by atoms with E-state index in [9.17, 15) is 18.8 Å². The molecule has 254 valence electrons. The average molecular weight is 658 g/mol. The van der Waals surface area contributed by atoms with E-state index in [1.54, 1.807) is 41.6 Å². The van der Waals surface area contributed by atoms with E-state index in [4.69, 9.17) is 10.5 Å². The third-order valence-corrected chi connectivity index (χ3v) is 7.89. The lowest BCUT2D eigenvalue weighted by molar-refractivity contribution is -0.133. The van der Waals surface area contributed by atoms with Crippen LogP contribution in [0.15, 0.2) is 97.5 Å². The number of hydrogen-bond acceptors (Lipinski definition) is 7. The third kappa shape index (κ3) is 9.26. The normalized spacial score (nSPS) is 14.4. The Hall–Kier alpha value is -5.07. The highest BCUT2D eigenvalue weighted by molar-refractivity contribution is 5.98. The molecule has 1 aliphatic rings. The number of carbonyl (C=O) groups excluding carboxylic acids is 3. The van der Waals surface area contributed by atoms with Crippen LogP contribution in [0.2, 0.25) is 0 Å². The number of rotatable bonds is 12. The summed E-state index contributed by atoms with van der Waals surface area (Å²) in [5, 5.41) is 5.44. The molecule has 2 heterocycles. The monoisotopic (exact) mass is 657 g/mol. The fraction of sp³-hybridized carbons (Fsp3) is 0.333. The van der Waals surface area contributed by atoms with Gasteiger partial charge in [0, 0.05) is 38.1 Å².